The van der Waals surface area contributed by atoms with Crippen molar-refractivity contribution in [1.82, 2.24) is 4.57 Å². The van der Waals surface area contributed by atoms with Gasteiger partial charge < -0.3 is 15.4 Å². The van der Waals surface area contributed by atoms with Gasteiger partial charge in [-0.05, 0) is 18.1 Å². The number of aryl methyl sites for hydroxylation is 1. The summed E-state index contributed by atoms with van der Waals surface area (Å²) in [4.78, 5) is 0. The first-order chi connectivity index (χ1) is 7.24. The van der Waals surface area contributed by atoms with Crippen LogP contribution in [-0.4, -0.2) is 16.3 Å². The molecule has 0 saturated carbocycles. The molecule has 3 nitrogen and oxygen atoms in total. The third kappa shape index (κ3) is 2.21. The monoisotopic (exact) mass is 240 g/mol. The van der Waals surface area contributed by atoms with Crippen LogP contribution >= 0.6 is 12.4 Å². The predicted molar refractivity (Wildman–Crippen MR) is 68.8 cm³/mol. The standard InChI is InChI=1S/C12H16N2O.ClH/c1-14-8-10(11(13)6-7-15)9-4-2-3-5-12(9)14;/h2-5,8,11,15H,6-7,13H2,1H3;1H/t11-;/m1./s1. The highest BCUT2D eigenvalue weighted by Crippen LogP contribution is 2.25. The van der Waals surface area contributed by atoms with Gasteiger partial charge in [0.15, 0.2) is 0 Å². The molecule has 0 radical (unpaired) electrons. The average Bonchev–Trinajstić information content (AvgIpc) is 2.58. The smallest absolute Gasteiger partial charge is 0.0481 e. The molecule has 0 aliphatic heterocycles. The molecule has 0 spiro atoms. The summed E-state index contributed by atoms with van der Waals surface area (Å²) in [6.45, 7) is 0.129. The lowest BCUT2D eigenvalue weighted by molar-refractivity contribution is 0.277. The van der Waals surface area contributed by atoms with Gasteiger partial charge in [-0.2, -0.15) is 0 Å². The number of aromatic nitrogens is 1. The summed E-state index contributed by atoms with van der Waals surface area (Å²) in [5.41, 5.74) is 8.31. The quantitative estimate of drug-likeness (QED) is 0.862. The molecule has 2 rings (SSSR count). The average molecular weight is 241 g/mol. The van der Waals surface area contributed by atoms with Crippen LogP contribution in [0.4, 0.5) is 0 Å². The second-order valence-electron chi connectivity index (χ2n) is 3.83. The summed E-state index contributed by atoms with van der Waals surface area (Å²) < 4.78 is 2.07. The fourth-order valence-electron chi connectivity index (χ4n) is 1.96. The molecule has 88 valence electrons. The van der Waals surface area contributed by atoms with E-state index in [0.717, 1.165) is 5.56 Å². The van der Waals surface area contributed by atoms with Crippen LogP contribution in [0.3, 0.4) is 0 Å². The fraction of sp³-hybridized carbons (Fsp3) is 0.333. The van der Waals surface area contributed by atoms with E-state index in [1.165, 1.54) is 10.9 Å². The highest BCUT2D eigenvalue weighted by Gasteiger charge is 2.12. The Kier molecular flexibility index (Phi) is 4.35. The third-order valence-corrected chi connectivity index (χ3v) is 2.77. The summed E-state index contributed by atoms with van der Waals surface area (Å²) in [6.07, 6.45) is 2.65. The largest absolute Gasteiger partial charge is 0.396 e. The summed E-state index contributed by atoms with van der Waals surface area (Å²) in [5, 5.41) is 10.1. The Morgan fingerprint density at radius 2 is 2.06 bits per heavy atom. The molecule has 1 aromatic carbocycles. The molecule has 0 amide bonds. The lowest BCUT2D eigenvalue weighted by atomic mass is 10.0. The van der Waals surface area contributed by atoms with Crippen molar-refractivity contribution in [3.8, 4) is 0 Å². The number of benzene rings is 1. The van der Waals surface area contributed by atoms with E-state index >= 15 is 0 Å². The number of halogens is 1. The maximum absolute atomic E-state index is 8.89. The van der Waals surface area contributed by atoms with E-state index in [2.05, 4.69) is 16.7 Å². The molecule has 2 aromatic rings. The molecule has 0 fully saturated rings. The molecule has 0 aliphatic rings. The molecule has 0 unspecified atom stereocenters. The van der Waals surface area contributed by atoms with Gasteiger partial charge in [-0.1, -0.05) is 18.2 Å². The number of para-hydroxylation sites is 1. The van der Waals surface area contributed by atoms with Crippen molar-refractivity contribution in [1.29, 1.82) is 0 Å². The van der Waals surface area contributed by atoms with Crippen LogP contribution in [0.5, 0.6) is 0 Å². The van der Waals surface area contributed by atoms with Gasteiger partial charge in [0, 0.05) is 36.8 Å². The minimum Gasteiger partial charge on any atom is -0.396 e. The van der Waals surface area contributed by atoms with Gasteiger partial charge in [0.05, 0.1) is 0 Å². The molecule has 1 aromatic heterocycles. The van der Waals surface area contributed by atoms with Crippen LogP contribution in [0.15, 0.2) is 30.5 Å². The fourth-order valence-corrected chi connectivity index (χ4v) is 1.96. The Morgan fingerprint density at radius 3 is 2.75 bits per heavy atom. The van der Waals surface area contributed by atoms with Crippen LogP contribution in [-0.2, 0) is 7.05 Å². The summed E-state index contributed by atoms with van der Waals surface area (Å²) in [6, 6.07) is 8.09. The van der Waals surface area contributed by atoms with E-state index in [1.807, 2.05) is 25.4 Å². The van der Waals surface area contributed by atoms with Gasteiger partial charge in [0.2, 0.25) is 0 Å². The molecule has 0 bridgehead atoms. The van der Waals surface area contributed by atoms with Gasteiger partial charge in [0.1, 0.15) is 0 Å². The maximum Gasteiger partial charge on any atom is 0.0481 e. The SMILES string of the molecule is Cl.Cn1cc([C@H](N)CCO)c2ccccc21. The molecule has 0 aliphatic carbocycles. The number of aliphatic hydroxyl groups is 1. The maximum atomic E-state index is 8.89. The van der Waals surface area contributed by atoms with Gasteiger partial charge in [-0.3, -0.25) is 0 Å². The summed E-state index contributed by atoms with van der Waals surface area (Å²) in [7, 11) is 2.01. The first kappa shape index (κ1) is 13.0. The van der Waals surface area contributed by atoms with Crippen molar-refractivity contribution < 1.29 is 5.11 Å². The van der Waals surface area contributed by atoms with Gasteiger partial charge >= 0.3 is 0 Å². The second-order valence-corrected chi connectivity index (χ2v) is 3.83. The lowest BCUT2D eigenvalue weighted by Crippen LogP contribution is -2.11. The van der Waals surface area contributed by atoms with Crippen molar-refractivity contribution in [2.45, 2.75) is 12.5 Å². The van der Waals surface area contributed by atoms with Crippen LogP contribution in [0.2, 0.25) is 0 Å². The van der Waals surface area contributed by atoms with E-state index in [1.54, 1.807) is 0 Å². The Labute approximate surface area is 101 Å². The zero-order valence-electron chi connectivity index (χ0n) is 9.26. The van der Waals surface area contributed by atoms with Crippen LogP contribution < -0.4 is 5.73 Å². The highest BCUT2D eigenvalue weighted by atomic mass is 35.5. The van der Waals surface area contributed by atoms with Crippen LogP contribution in [0.25, 0.3) is 10.9 Å². The van der Waals surface area contributed by atoms with Gasteiger partial charge in [-0.15, -0.1) is 12.4 Å². The van der Waals surface area contributed by atoms with Gasteiger partial charge in [-0.25, -0.2) is 0 Å². The number of nitrogens with two attached hydrogens (primary N) is 1. The molecular formula is C12H17ClN2O. The van der Waals surface area contributed by atoms with E-state index in [9.17, 15) is 0 Å². The lowest BCUT2D eigenvalue weighted by Gasteiger charge is -2.07. The zero-order chi connectivity index (χ0) is 10.8. The number of rotatable bonds is 3. The van der Waals surface area contributed by atoms with Crippen LogP contribution in [0.1, 0.15) is 18.0 Å². The summed E-state index contributed by atoms with van der Waals surface area (Å²) >= 11 is 0. The Hall–Kier alpha value is -1.03. The first-order valence-corrected chi connectivity index (χ1v) is 5.14. The molecule has 0 saturated heterocycles. The first-order valence-electron chi connectivity index (χ1n) is 5.14. The van der Waals surface area contributed by atoms with E-state index < -0.39 is 0 Å². The van der Waals surface area contributed by atoms with Gasteiger partial charge in [0.25, 0.3) is 0 Å². The topological polar surface area (TPSA) is 51.2 Å². The number of nitrogens with zero attached hydrogens (tertiary/aromatic N) is 1. The minimum atomic E-state index is -0.0823. The van der Waals surface area contributed by atoms with Crippen molar-refractivity contribution in [3.05, 3.63) is 36.0 Å². The van der Waals surface area contributed by atoms with Crippen molar-refractivity contribution >= 4 is 23.3 Å². The Bertz CT molecular complexity index is 467. The van der Waals surface area contributed by atoms with E-state index in [4.69, 9.17) is 10.8 Å². The van der Waals surface area contributed by atoms with E-state index in [0.29, 0.717) is 6.42 Å². The number of hydrogen-bond donors (Lipinski definition) is 2. The zero-order valence-corrected chi connectivity index (χ0v) is 10.1. The predicted octanol–water partition coefficient (Wildman–Crippen LogP) is 1.98. The Balaban J connectivity index is 0.00000128. The number of aliphatic hydroxyl groups excluding tert-OH is 1. The molecule has 4 heteroatoms. The molecule has 1 heterocycles. The number of hydrogen-bond acceptors (Lipinski definition) is 2. The highest BCUT2D eigenvalue weighted by molar-refractivity contribution is 5.85. The Morgan fingerprint density at radius 1 is 1.38 bits per heavy atom. The molecule has 3 N–H and O–H groups in total. The molecular weight excluding hydrogens is 224 g/mol. The minimum absolute atomic E-state index is 0. The van der Waals surface area contributed by atoms with Crippen molar-refractivity contribution in [2.75, 3.05) is 6.61 Å². The normalized spacial score (nSPS) is 12.4. The third-order valence-electron chi connectivity index (χ3n) is 2.77. The summed E-state index contributed by atoms with van der Waals surface area (Å²) in [5.74, 6) is 0. The van der Waals surface area contributed by atoms with Crippen molar-refractivity contribution in [2.24, 2.45) is 12.8 Å². The van der Waals surface area contributed by atoms with E-state index in [-0.39, 0.29) is 25.1 Å². The van der Waals surface area contributed by atoms with Crippen molar-refractivity contribution in [3.63, 3.8) is 0 Å². The number of fused-ring (bicyclic) bond motifs is 1. The second kappa shape index (κ2) is 5.34. The molecule has 1 atom stereocenters. The van der Waals surface area contributed by atoms with Crippen LogP contribution in [0, 0.1) is 0 Å². The molecule has 16 heavy (non-hydrogen) atoms.